The molecule has 0 aromatic heterocycles. The SMILES string of the molecule is C[C@@H]1C(C)(C)CC[C@@H]2OB(CCC[C@@H]3CCN[C@@H]3C(=O)O)O[C@@]21C. The van der Waals surface area contributed by atoms with Gasteiger partial charge in [0.15, 0.2) is 0 Å². The van der Waals surface area contributed by atoms with E-state index in [-0.39, 0.29) is 36.2 Å². The molecule has 3 rings (SSSR count). The lowest BCUT2D eigenvalue weighted by Gasteiger charge is -2.49. The molecule has 3 fully saturated rings. The lowest BCUT2D eigenvalue weighted by atomic mass is 9.61. The molecule has 3 aliphatic rings. The maximum atomic E-state index is 11.2. The second-order valence-electron chi connectivity index (χ2n) is 8.85. The van der Waals surface area contributed by atoms with Crippen molar-refractivity contribution < 1.29 is 19.2 Å². The molecule has 1 saturated carbocycles. The van der Waals surface area contributed by atoms with Crippen LogP contribution in [0.1, 0.15) is 59.8 Å². The van der Waals surface area contributed by atoms with E-state index in [0.29, 0.717) is 5.92 Å². The van der Waals surface area contributed by atoms with Crippen molar-refractivity contribution in [3.63, 3.8) is 0 Å². The van der Waals surface area contributed by atoms with Gasteiger partial charge < -0.3 is 19.7 Å². The summed E-state index contributed by atoms with van der Waals surface area (Å²) in [5.41, 5.74) is 0.0959. The van der Waals surface area contributed by atoms with E-state index in [2.05, 4.69) is 33.0 Å². The molecule has 5 atom stereocenters. The highest BCUT2D eigenvalue weighted by atomic mass is 16.7. The largest absolute Gasteiger partial charge is 0.480 e. The number of aliphatic carboxylic acids is 1. The molecule has 2 aliphatic heterocycles. The van der Waals surface area contributed by atoms with Crippen molar-refractivity contribution in [2.45, 2.75) is 83.9 Å². The first-order valence-corrected chi connectivity index (χ1v) is 9.53. The quantitative estimate of drug-likeness (QED) is 0.755. The van der Waals surface area contributed by atoms with Crippen LogP contribution < -0.4 is 5.32 Å². The number of carbonyl (C=O) groups is 1. The van der Waals surface area contributed by atoms with Crippen LogP contribution in [-0.4, -0.2) is 42.5 Å². The van der Waals surface area contributed by atoms with Crippen LogP contribution >= 0.6 is 0 Å². The number of nitrogens with one attached hydrogen (secondary N) is 1. The highest BCUT2D eigenvalue weighted by molar-refractivity contribution is 6.45. The first-order chi connectivity index (χ1) is 11.2. The fourth-order valence-electron chi connectivity index (χ4n) is 4.97. The molecule has 2 saturated heterocycles. The van der Waals surface area contributed by atoms with Crippen LogP contribution in [0.25, 0.3) is 0 Å². The standard InChI is InChI=1S/C18H32BNO4/c1-12-17(2,3)9-7-14-18(12,4)24-19(23-14)10-5-6-13-8-11-20-15(13)16(21)22/h12-15,20H,5-11H2,1-4H3,(H,21,22)/t12-,13-,14+,15+,18-/m1/s1. The Bertz CT molecular complexity index is 486. The Morgan fingerprint density at radius 3 is 2.79 bits per heavy atom. The predicted molar refractivity (Wildman–Crippen MR) is 93.9 cm³/mol. The third-order valence-electron chi connectivity index (χ3n) is 7.06. The average Bonchev–Trinajstić information content (AvgIpc) is 3.09. The molecule has 1 aliphatic carbocycles. The van der Waals surface area contributed by atoms with Crippen molar-refractivity contribution >= 4 is 13.1 Å². The van der Waals surface area contributed by atoms with Gasteiger partial charge in [0.05, 0.1) is 11.7 Å². The molecule has 5 nitrogen and oxygen atoms in total. The molecule has 0 aromatic carbocycles. The molecule has 0 radical (unpaired) electrons. The second-order valence-corrected chi connectivity index (χ2v) is 8.85. The maximum Gasteiger partial charge on any atom is 0.457 e. The summed E-state index contributed by atoms with van der Waals surface area (Å²) in [7, 11) is -0.131. The molecule has 136 valence electrons. The highest BCUT2D eigenvalue weighted by Crippen LogP contribution is 2.51. The monoisotopic (exact) mass is 337 g/mol. The lowest BCUT2D eigenvalue weighted by molar-refractivity contribution is -0.140. The summed E-state index contributed by atoms with van der Waals surface area (Å²) in [4.78, 5) is 11.2. The van der Waals surface area contributed by atoms with E-state index in [1.54, 1.807) is 0 Å². The molecule has 6 heteroatoms. The van der Waals surface area contributed by atoms with Crippen LogP contribution in [0, 0.1) is 17.3 Å². The van der Waals surface area contributed by atoms with Gasteiger partial charge in [-0.05, 0) is 62.7 Å². The third-order valence-corrected chi connectivity index (χ3v) is 7.06. The molecule has 2 N–H and O–H groups in total. The van der Waals surface area contributed by atoms with E-state index >= 15 is 0 Å². The summed E-state index contributed by atoms with van der Waals surface area (Å²) >= 11 is 0. The summed E-state index contributed by atoms with van der Waals surface area (Å²) in [5, 5.41) is 12.3. The third kappa shape index (κ3) is 3.25. The summed E-state index contributed by atoms with van der Waals surface area (Å²) in [6, 6.07) is -0.378. The summed E-state index contributed by atoms with van der Waals surface area (Å²) in [6.45, 7) is 9.97. The van der Waals surface area contributed by atoms with E-state index in [9.17, 15) is 9.90 Å². The van der Waals surface area contributed by atoms with Crippen molar-refractivity contribution in [1.29, 1.82) is 0 Å². The maximum absolute atomic E-state index is 11.2. The van der Waals surface area contributed by atoms with E-state index in [1.807, 2.05) is 0 Å². The minimum absolute atomic E-state index is 0.131. The Morgan fingerprint density at radius 2 is 2.08 bits per heavy atom. The molecular weight excluding hydrogens is 305 g/mol. The Balaban J connectivity index is 1.51. The zero-order valence-corrected chi connectivity index (χ0v) is 15.5. The molecule has 0 unspecified atom stereocenters. The van der Waals surface area contributed by atoms with Crippen LogP contribution in [-0.2, 0) is 14.1 Å². The van der Waals surface area contributed by atoms with Crippen LogP contribution in [0.2, 0.25) is 6.32 Å². The van der Waals surface area contributed by atoms with Gasteiger partial charge in [-0.3, -0.25) is 4.79 Å². The highest BCUT2D eigenvalue weighted by Gasteiger charge is 2.57. The molecule has 0 spiro atoms. The van der Waals surface area contributed by atoms with Crippen LogP contribution in [0.5, 0.6) is 0 Å². The van der Waals surface area contributed by atoms with Gasteiger partial charge in [-0.15, -0.1) is 0 Å². The van der Waals surface area contributed by atoms with E-state index in [4.69, 9.17) is 9.31 Å². The average molecular weight is 337 g/mol. The number of carboxylic acids is 1. The smallest absolute Gasteiger partial charge is 0.457 e. The summed E-state index contributed by atoms with van der Waals surface area (Å²) in [6.07, 6.45) is 6.15. The Morgan fingerprint density at radius 1 is 1.33 bits per heavy atom. The van der Waals surface area contributed by atoms with Crippen LogP contribution in [0.3, 0.4) is 0 Å². The molecule has 0 amide bonds. The van der Waals surface area contributed by atoms with Gasteiger partial charge in [0.2, 0.25) is 0 Å². The summed E-state index contributed by atoms with van der Waals surface area (Å²) < 4.78 is 12.6. The fraction of sp³-hybridized carbons (Fsp3) is 0.944. The Hall–Kier alpha value is -0.585. The van der Waals surface area contributed by atoms with Crippen molar-refractivity contribution in [1.82, 2.24) is 5.32 Å². The van der Waals surface area contributed by atoms with Crippen molar-refractivity contribution in [3.05, 3.63) is 0 Å². The van der Waals surface area contributed by atoms with Gasteiger partial charge in [0.25, 0.3) is 0 Å². The number of hydrogen-bond acceptors (Lipinski definition) is 4. The lowest BCUT2D eigenvalue weighted by Crippen LogP contribution is -2.52. The molecule has 24 heavy (non-hydrogen) atoms. The number of carboxylic acid groups (broad SMARTS) is 1. The number of rotatable bonds is 5. The van der Waals surface area contributed by atoms with Gasteiger partial charge in [0, 0.05) is 0 Å². The minimum Gasteiger partial charge on any atom is -0.480 e. The van der Waals surface area contributed by atoms with E-state index in [0.717, 1.165) is 38.5 Å². The molecule has 2 heterocycles. The van der Waals surface area contributed by atoms with Gasteiger partial charge >= 0.3 is 13.1 Å². The fourth-order valence-corrected chi connectivity index (χ4v) is 4.97. The van der Waals surface area contributed by atoms with Gasteiger partial charge in [0.1, 0.15) is 6.04 Å². The number of hydrogen-bond donors (Lipinski definition) is 2. The second kappa shape index (κ2) is 6.62. The Labute approximate surface area is 146 Å². The topological polar surface area (TPSA) is 67.8 Å². The first kappa shape index (κ1) is 18.2. The molecular formula is C18H32BNO4. The van der Waals surface area contributed by atoms with E-state index in [1.165, 1.54) is 6.42 Å². The Kier molecular flexibility index (Phi) is 5.02. The van der Waals surface area contributed by atoms with Gasteiger partial charge in [-0.1, -0.05) is 27.2 Å². The van der Waals surface area contributed by atoms with Crippen molar-refractivity contribution in [2.75, 3.05) is 6.54 Å². The molecule has 0 aromatic rings. The van der Waals surface area contributed by atoms with Gasteiger partial charge in [-0.2, -0.15) is 0 Å². The zero-order chi connectivity index (χ0) is 17.5. The number of fused-ring (bicyclic) bond motifs is 1. The van der Waals surface area contributed by atoms with Crippen LogP contribution in [0.15, 0.2) is 0 Å². The zero-order valence-electron chi connectivity index (χ0n) is 15.5. The van der Waals surface area contributed by atoms with Crippen molar-refractivity contribution in [3.8, 4) is 0 Å². The molecule has 0 bridgehead atoms. The predicted octanol–water partition coefficient (Wildman–Crippen LogP) is 2.95. The van der Waals surface area contributed by atoms with Gasteiger partial charge in [-0.25, -0.2) is 0 Å². The summed E-state index contributed by atoms with van der Waals surface area (Å²) in [5.74, 6) is -0.0238. The minimum atomic E-state index is -0.722. The van der Waals surface area contributed by atoms with E-state index < -0.39 is 5.97 Å². The first-order valence-electron chi connectivity index (χ1n) is 9.53. The van der Waals surface area contributed by atoms with Crippen molar-refractivity contribution in [2.24, 2.45) is 17.3 Å². The normalized spacial score (nSPS) is 41.4. The van der Waals surface area contributed by atoms with Crippen LogP contribution in [0.4, 0.5) is 0 Å².